The lowest BCUT2D eigenvalue weighted by molar-refractivity contribution is 0.0871. The van der Waals surface area contributed by atoms with Crippen LogP contribution in [0.25, 0.3) is 15.9 Å². The van der Waals surface area contributed by atoms with E-state index in [-0.39, 0.29) is 18.1 Å². The van der Waals surface area contributed by atoms with Gasteiger partial charge in [0.2, 0.25) is 0 Å². The summed E-state index contributed by atoms with van der Waals surface area (Å²) in [4.78, 5) is 14.3. The van der Waals surface area contributed by atoms with Crippen LogP contribution in [0.4, 0.5) is 0 Å². The Morgan fingerprint density at radius 2 is 1.96 bits per heavy atom. The fourth-order valence-corrected chi connectivity index (χ4v) is 4.47. The molecule has 6 heteroatoms. The van der Waals surface area contributed by atoms with Crippen LogP contribution in [0, 0.1) is 6.92 Å². The topological polar surface area (TPSA) is 67.2 Å². The lowest BCUT2D eigenvalue weighted by Gasteiger charge is -2.25. The van der Waals surface area contributed by atoms with E-state index in [0.717, 1.165) is 47.3 Å². The number of nitrogens with one attached hydrogen (secondary N) is 1. The van der Waals surface area contributed by atoms with Gasteiger partial charge >= 0.3 is 0 Å². The van der Waals surface area contributed by atoms with Crippen LogP contribution in [0.2, 0.25) is 0 Å². The minimum absolute atomic E-state index is 0.0263. The van der Waals surface area contributed by atoms with Crippen LogP contribution in [0.1, 0.15) is 41.0 Å². The van der Waals surface area contributed by atoms with Crippen molar-refractivity contribution in [1.29, 1.82) is 0 Å². The molecular weight excluding hydrogens is 334 g/mol. The van der Waals surface area contributed by atoms with Crippen LogP contribution in [-0.2, 0) is 0 Å². The van der Waals surface area contributed by atoms with Crippen molar-refractivity contribution < 1.29 is 9.90 Å². The van der Waals surface area contributed by atoms with Crippen LogP contribution < -0.4 is 5.32 Å². The number of hydrogen-bond acceptors (Lipinski definition) is 4. The number of thiophene rings is 1. The molecule has 1 aliphatic rings. The van der Waals surface area contributed by atoms with E-state index in [2.05, 4.69) is 10.4 Å². The molecule has 2 N–H and O–H groups in total. The summed E-state index contributed by atoms with van der Waals surface area (Å²) in [5.74, 6) is -0.0263. The molecule has 3 aromatic rings. The molecular formula is C19H21N3O2S. The van der Waals surface area contributed by atoms with Gasteiger partial charge in [-0.15, -0.1) is 11.3 Å². The number of aromatic nitrogens is 2. The van der Waals surface area contributed by atoms with E-state index in [9.17, 15) is 9.90 Å². The number of para-hydroxylation sites is 1. The van der Waals surface area contributed by atoms with Crippen molar-refractivity contribution >= 4 is 27.5 Å². The van der Waals surface area contributed by atoms with Gasteiger partial charge in [-0.25, -0.2) is 4.68 Å². The Kier molecular flexibility index (Phi) is 4.31. The van der Waals surface area contributed by atoms with Crippen LogP contribution in [-0.4, -0.2) is 32.9 Å². The molecule has 1 aromatic carbocycles. The molecule has 130 valence electrons. The average molecular weight is 355 g/mol. The van der Waals surface area contributed by atoms with E-state index in [0.29, 0.717) is 4.88 Å². The number of hydrogen-bond donors (Lipinski definition) is 2. The number of aliphatic hydroxyl groups is 1. The molecule has 5 nitrogen and oxygen atoms in total. The highest BCUT2D eigenvalue weighted by Gasteiger charge is 2.23. The van der Waals surface area contributed by atoms with Crippen molar-refractivity contribution in [3.63, 3.8) is 0 Å². The van der Waals surface area contributed by atoms with E-state index >= 15 is 0 Å². The van der Waals surface area contributed by atoms with Crippen LogP contribution >= 0.6 is 11.3 Å². The van der Waals surface area contributed by atoms with Crippen molar-refractivity contribution in [2.75, 3.05) is 0 Å². The number of aliphatic hydroxyl groups excluding tert-OH is 1. The smallest absolute Gasteiger partial charge is 0.261 e. The first-order chi connectivity index (χ1) is 12.1. The quantitative estimate of drug-likeness (QED) is 0.756. The summed E-state index contributed by atoms with van der Waals surface area (Å²) in [6.07, 6.45) is 3.00. The summed E-state index contributed by atoms with van der Waals surface area (Å²) < 4.78 is 1.91. The first-order valence-electron chi connectivity index (χ1n) is 8.65. The van der Waals surface area contributed by atoms with Crippen LogP contribution in [0.5, 0.6) is 0 Å². The monoisotopic (exact) mass is 355 g/mol. The van der Waals surface area contributed by atoms with Crippen molar-refractivity contribution in [3.8, 4) is 5.69 Å². The fourth-order valence-electron chi connectivity index (χ4n) is 3.38. The molecule has 0 saturated heterocycles. The summed E-state index contributed by atoms with van der Waals surface area (Å²) in [5, 5.41) is 18.3. The van der Waals surface area contributed by atoms with Gasteiger partial charge in [0.1, 0.15) is 4.83 Å². The number of benzene rings is 1. The fraction of sp³-hybridized carbons (Fsp3) is 0.368. The number of nitrogens with zero attached hydrogens (tertiary/aromatic N) is 2. The summed E-state index contributed by atoms with van der Waals surface area (Å²) in [7, 11) is 0. The second kappa shape index (κ2) is 6.61. The van der Waals surface area contributed by atoms with Crippen molar-refractivity contribution in [1.82, 2.24) is 15.1 Å². The molecule has 1 aliphatic carbocycles. The SMILES string of the molecule is Cc1nn(-c2ccccc2)c2sc(C(=O)NC3CCC(O)CC3)cc12. The molecule has 1 amide bonds. The highest BCUT2D eigenvalue weighted by molar-refractivity contribution is 7.20. The number of carbonyl (C=O) groups is 1. The maximum atomic E-state index is 12.6. The molecule has 4 rings (SSSR count). The Balaban J connectivity index is 1.60. The number of amides is 1. The van der Waals surface area contributed by atoms with Gasteiger partial charge in [0.15, 0.2) is 0 Å². The molecule has 0 radical (unpaired) electrons. The second-order valence-corrected chi connectivity index (χ2v) is 7.67. The lowest BCUT2D eigenvalue weighted by Crippen LogP contribution is -2.38. The third kappa shape index (κ3) is 3.19. The largest absolute Gasteiger partial charge is 0.393 e. The van der Waals surface area contributed by atoms with Crippen molar-refractivity contribution in [3.05, 3.63) is 47.0 Å². The number of aryl methyl sites for hydroxylation is 1. The van der Waals surface area contributed by atoms with E-state index in [1.807, 2.05) is 48.0 Å². The maximum Gasteiger partial charge on any atom is 0.261 e. The minimum Gasteiger partial charge on any atom is -0.393 e. The van der Waals surface area contributed by atoms with Gasteiger partial charge in [0, 0.05) is 11.4 Å². The number of rotatable bonds is 3. The zero-order valence-corrected chi connectivity index (χ0v) is 14.9. The summed E-state index contributed by atoms with van der Waals surface area (Å²) >= 11 is 1.48. The summed E-state index contributed by atoms with van der Waals surface area (Å²) in [6.45, 7) is 1.97. The normalized spacial score (nSPS) is 20.7. The predicted molar refractivity (Wildman–Crippen MR) is 99.4 cm³/mol. The zero-order valence-electron chi connectivity index (χ0n) is 14.1. The second-order valence-electron chi connectivity index (χ2n) is 6.64. The molecule has 0 atom stereocenters. The van der Waals surface area contributed by atoms with Gasteiger partial charge in [0.05, 0.1) is 22.4 Å². The number of carbonyl (C=O) groups excluding carboxylic acids is 1. The molecule has 1 saturated carbocycles. The Bertz CT molecular complexity index is 892. The van der Waals surface area contributed by atoms with E-state index < -0.39 is 0 Å². The Morgan fingerprint density at radius 1 is 1.24 bits per heavy atom. The first-order valence-corrected chi connectivity index (χ1v) is 9.47. The Labute approximate surface area is 150 Å². The molecule has 2 heterocycles. The predicted octanol–water partition coefficient (Wildman–Crippen LogP) is 3.43. The van der Waals surface area contributed by atoms with Crippen molar-refractivity contribution in [2.24, 2.45) is 0 Å². The van der Waals surface area contributed by atoms with Gasteiger partial charge in [-0.3, -0.25) is 4.79 Å². The standard InChI is InChI=1S/C19H21N3O2S/c1-12-16-11-17(18(24)20-13-7-9-15(23)10-8-13)25-19(16)22(21-12)14-5-3-2-4-6-14/h2-6,11,13,15,23H,7-10H2,1H3,(H,20,24). The highest BCUT2D eigenvalue weighted by Crippen LogP contribution is 2.30. The molecule has 0 unspecified atom stereocenters. The average Bonchev–Trinajstić information content (AvgIpc) is 3.19. The molecule has 0 aliphatic heterocycles. The van der Waals surface area contributed by atoms with E-state index in [1.54, 1.807) is 0 Å². The van der Waals surface area contributed by atoms with E-state index in [1.165, 1.54) is 11.3 Å². The van der Waals surface area contributed by atoms with Crippen molar-refractivity contribution in [2.45, 2.75) is 44.8 Å². The maximum absolute atomic E-state index is 12.6. The molecule has 2 aromatic heterocycles. The Morgan fingerprint density at radius 3 is 2.68 bits per heavy atom. The van der Waals surface area contributed by atoms with Gasteiger partial charge in [0.25, 0.3) is 5.91 Å². The third-order valence-corrected chi connectivity index (χ3v) is 5.91. The van der Waals surface area contributed by atoms with Gasteiger partial charge in [-0.2, -0.15) is 5.10 Å². The molecule has 25 heavy (non-hydrogen) atoms. The van der Waals surface area contributed by atoms with Gasteiger partial charge < -0.3 is 10.4 Å². The van der Waals surface area contributed by atoms with Gasteiger partial charge in [-0.05, 0) is 50.8 Å². The van der Waals surface area contributed by atoms with Gasteiger partial charge in [-0.1, -0.05) is 18.2 Å². The molecule has 1 fully saturated rings. The zero-order chi connectivity index (χ0) is 17.4. The van der Waals surface area contributed by atoms with Crippen LogP contribution in [0.15, 0.2) is 36.4 Å². The number of fused-ring (bicyclic) bond motifs is 1. The lowest BCUT2D eigenvalue weighted by atomic mass is 9.93. The third-order valence-electron chi connectivity index (χ3n) is 4.80. The Hall–Kier alpha value is -2.18. The van der Waals surface area contributed by atoms with Crippen LogP contribution in [0.3, 0.4) is 0 Å². The molecule has 0 spiro atoms. The molecule has 0 bridgehead atoms. The first kappa shape index (κ1) is 16.3. The highest BCUT2D eigenvalue weighted by atomic mass is 32.1. The summed E-state index contributed by atoms with van der Waals surface area (Å²) in [5.41, 5.74) is 1.92. The summed E-state index contributed by atoms with van der Waals surface area (Å²) in [6, 6.07) is 12.1. The minimum atomic E-state index is -0.211. The van der Waals surface area contributed by atoms with E-state index in [4.69, 9.17) is 0 Å².